The molecule has 0 aromatic heterocycles. The van der Waals surface area contributed by atoms with E-state index in [-0.39, 0.29) is 0 Å². The van der Waals surface area contributed by atoms with Crippen molar-refractivity contribution in [2.24, 2.45) is 11.3 Å². The van der Waals surface area contributed by atoms with Crippen LogP contribution in [0.5, 0.6) is 0 Å². The molecule has 0 bridgehead atoms. The van der Waals surface area contributed by atoms with Crippen molar-refractivity contribution in [3.63, 3.8) is 0 Å². The van der Waals surface area contributed by atoms with E-state index in [9.17, 15) is 0 Å². The average Bonchev–Trinajstić information content (AvgIpc) is 2.51. The average molecular weight is 314 g/mol. The van der Waals surface area contributed by atoms with Crippen molar-refractivity contribution in [2.45, 2.75) is 85.0 Å². The number of hydrogen-bond donors (Lipinski definition) is 1. The predicted molar refractivity (Wildman–Crippen MR) is 99.3 cm³/mol. The van der Waals surface area contributed by atoms with Gasteiger partial charge in [-0.1, -0.05) is 40.0 Å². The third-order valence-corrected chi connectivity index (χ3v) is 6.24. The van der Waals surface area contributed by atoms with Crippen molar-refractivity contribution >= 4 is 11.8 Å². The molecule has 1 N–H and O–H groups in total. The van der Waals surface area contributed by atoms with E-state index in [1.807, 2.05) is 0 Å². The van der Waals surface area contributed by atoms with Gasteiger partial charge < -0.3 is 5.32 Å². The fourth-order valence-electron chi connectivity index (χ4n) is 3.81. The fourth-order valence-corrected chi connectivity index (χ4v) is 4.45. The van der Waals surface area contributed by atoms with Gasteiger partial charge in [0.2, 0.25) is 0 Å². The lowest BCUT2D eigenvalue weighted by Gasteiger charge is -2.41. The van der Waals surface area contributed by atoms with Crippen LogP contribution in [0.4, 0.5) is 0 Å². The quantitative estimate of drug-likeness (QED) is 0.451. The SMILES string of the molecule is CCCCC1CCC(CCCSCC)(CNCCC)CC1. The molecule has 0 spiro atoms. The van der Waals surface area contributed by atoms with Crippen LogP contribution in [0.3, 0.4) is 0 Å². The van der Waals surface area contributed by atoms with Gasteiger partial charge in [0.05, 0.1) is 0 Å². The zero-order chi connectivity index (χ0) is 15.4. The van der Waals surface area contributed by atoms with Crippen LogP contribution in [0, 0.1) is 11.3 Å². The molecule has 0 amide bonds. The van der Waals surface area contributed by atoms with E-state index in [1.165, 1.54) is 88.8 Å². The number of rotatable bonds is 12. The molecule has 1 aliphatic carbocycles. The summed E-state index contributed by atoms with van der Waals surface area (Å²) in [7, 11) is 0. The minimum absolute atomic E-state index is 0.631. The van der Waals surface area contributed by atoms with E-state index in [4.69, 9.17) is 0 Å². The van der Waals surface area contributed by atoms with Crippen LogP contribution in [-0.2, 0) is 0 Å². The van der Waals surface area contributed by atoms with Gasteiger partial charge in [-0.05, 0) is 74.3 Å². The second-order valence-electron chi connectivity index (χ2n) is 7.06. The van der Waals surface area contributed by atoms with Gasteiger partial charge in [0.25, 0.3) is 0 Å². The first-order valence-electron chi connectivity index (χ1n) is 9.54. The van der Waals surface area contributed by atoms with E-state index in [1.54, 1.807) is 0 Å². The second-order valence-corrected chi connectivity index (χ2v) is 8.46. The van der Waals surface area contributed by atoms with Crippen molar-refractivity contribution in [2.75, 3.05) is 24.6 Å². The van der Waals surface area contributed by atoms with E-state index in [0.29, 0.717) is 5.41 Å². The number of nitrogens with one attached hydrogen (secondary N) is 1. The Balaban J connectivity index is 2.38. The lowest BCUT2D eigenvalue weighted by atomic mass is 9.67. The fraction of sp³-hybridized carbons (Fsp3) is 1.00. The molecular weight excluding hydrogens is 274 g/mol. The summed E-state index contributed by atoms with van der Waals surface area (Å²) in [6.07, 6.45) is 14.4. The van der Waals surface area contributed by atoms with Crippen molar-refractivity contribution in [1.82, 2.24) is 5.32 Å². The first-order chi connectivity index (χ1) is 10.3. The number of unbranched alkanes of at least 4 members (excludes halogenated alkanes) is 1. The highest BCUT2D eigenvalue weighted by Crippen LogP contribution is 2.43. The number of hydrogen-bond acceptors (Lipinski definition) is 2. The second kappa shape index (κ2) is 11.8. The van der Waals surface area contributed by atoms with Gasteiger partial charge in [-0.15, -0.1) is 0 Å². The molecular formula is C19H39NS. The smallest absolute Gasteiger partial charge is 0.000781 e. The van der Waals surface area contributed by atoms with E-state index in [0.717, 1.165) is 5.92 Å². The van der Waals surface area contributed by atoms with Gasteiger partial charge in [0, 0.05) is 6.54 Å². The molecule has 0 unspecified atom stereocenters. The molecule has 1 saturated carbocycles. The molecule has 1 fully saturated rings. The van der Waals surface area contributed by atoms with E-state index in [2.05, 4.69) is 37.8 Å². The molecule has 0 atom stereocenters. The third-order valence-electron chi connectivity index (χ3n) is 5.26. The molecule has 0 aromatic rings. The summed E-state index contributed by atoms with van der Waals surface area (Å²) in [6.45, 7) is 9.36. The van der Waals surface area contributed by atoms with Crippen LogP contribution in [-0.4, -0.2) is 24.6 Å². The summed E-state index contributed by atoms with van der Waals surface area (Å²) in [4.78, 5) is 0. The van der Waals surface area contributed by atoms with Gasteiger partial charge in [0.1, 0.15) is 0 Å². The highest BCUT2D eigenvalue weighted by atomic mass is 32.2. The van der Waals surface area contributed by atoms with Crippen molar-refractivity contribution in [1.29, 1.82) is 0 Å². The largest absolute Gasteiger partial charge is 0.316 e. The van der Waals surface area contributed by atoms with Crippen LogP contribution >= 0.6 is 11.8 Å². The van der Waals surface area contributed by atoms with Gasteiger partial charge in [-0.25, -0.2) is 0 Å². The van der Waals surface area contributed by atoms with Crippen molar-refractivity contribution < 1.29 is 0 Å². The molecule has 0 aliphatic heterocycles. The van der Waals surface area contributed by atoms with Crippen LogP contribution in [0.25, 0.3) is 0 Å². The molecule has 0 radical (unpaired) electrons. The Labute approximate surface area is 138 Å². The van der Waals surface area contributed by atoms with E-state index >= 15 is 0 Å². The first-order valence-corrected chi connectivity index (χ1v) is 10.7. The van der Waals surface area contributed by atoms with Gasteiger partial charge in [-0.3, -0.25) is 0 Å². The maximum absolute atomic E-state index is 3.74. The lowest BCUT2D eigenvalue weighted by molar-refractivity contribution is 0.127. The molecule has 1 aliphatic rings. The monoisotopic (exact) mass is 313 g/mol. The summed E-state index contributed by atoms with van der Waals surface area (Å²) in [5, 5.41) is 3.74. The minimum Gasteiger partial charge on any atom is -0.316 e. The maximum atomic E-state index is 3.74. The predicted octanol–water partition coefficient (Wildman–Crippen LogP) is 5.89. The summed E-state index contributed by atoms with van der Waals surface area (Å²) in [5.41, 5.74) is 0.631. The summed E-state index contributed by atoms with van der Waals surface area (Å²) in [6, 6.07) is 0. The van der Waals surface area contributed by atoms with Crippen LogP contribution in [0.15, 0.2) is 0 Å². The standard InChI is InChI=1S/C19H39NS/c1-4-7-9-18-10-13-19(14-11-18,17-20-15-5-2)12-8-16-21-6-3/h18,20H,4-17H2,1-3H3. The number of thioether (sulfide) groups is 1. The Morgan fingerprint density at radius 2 is 1.81 bits per heavy atom. The molecule has 1 rings (SSSR count). The minimum atomic E-state index is 0.631. The first kappa shape index (κ1) is 19.4. The van der Waals surface area contributed by atoms with Crippen LogP contribution < -0.4 is 5.32 Å². The zero-order valence-corrected chi connectivity index (χ0v) is 15.7. The highest BCUT2D eigenvalue weighted by Gasteiger charge is 2.34. The van der Waals surface area contributed by atoms with Gasteiger partial charge in [-0.2, -0.15) is 11.8 Å². The highest BCUT2D eigenvalue weighted by molar-refractivity contribution is 7.99. The summed E-state index contributed by atoms with van der Waals surface area (Å²) in [5.74, 6) is 3.68. The Hall–Kier alpha value is 0.310. The van der Waals surface area contributed by atoms with Gasteiger partial charge in [0.15, 0.2) is 0 Å². The molecule has 126 valence electrons. The van der Waals surface area contributed by atoms with E-state index < -0.39 is 0 Å². The Kier molecular flexibility index (Phi) is 10.9. The van der Waals surface area contributed by atoms with Crippen LogP contribution in [0.1, 0.15) is 85.0 Å². The van der Waals surface area contributed by atoms with Crippen LogP contribution in [0.2, 0.25) is 0 Å². The maximum Gasteiger partial charge on any atom is 0.000781 e. The van der Waals surface area contributed by atoms with Crippen molar-refractivity contribution in [3.8, 4) is 0 Å². The zero-order valence-electron chi connectivity index (χ0n) is 14.9. The molecule has 0 heterocycles. The normalized spacial score (nSPS) is 26.1. The summed E-state index contributed by atoms with van der Waals surface area (Å²) < 4.78 is 0. The molecule has 2 heteroatoms. The lowest BCUT2D eigenvalue weighted by Crippen LogP contribution is -2.38. The summed E-state index contributed by atoms with van der Waals surface area (Å²) >= 11 is 2.11. The third kappa shape index (κ3) is 7.93. The topological polar surface area (TPSA) is 12.0 Å². The Morgan fingerprint density at radius 3 is 2.43 bits per heavy atom. The van der Waals surface area contributed by atoms with Gasteiger partial charge >= 0.3 is 0 Å². The molecule has 1 nitrogen and oxygen atoms in total. The molecule has 0 saturated heterocycles. The molecule has 21 heavy (non-hydrogen) atoms. The Morgan fingerprint density at radius 1 is 1.05 bits per heavy atom. The Bertz CT molecular complexity index is 234. The molecule has 0 aromatic carbocycles. The van der Waals surface area contributed by atoms with Crippen molar-refractivity contribution in [3.05, 3.63) is 0 Å².